The zero-order valence-electron chi connectivity index (χ0n) is 15.8. The van der Waals surface area contributed by atoms with E-state index in [0.717, 1.165) is 6.26 Å². The van der Waals surface area contributed by atoms with Gasteiger partial charge in [-0.05, 0) is 37.1 Å². The number of rotatable bonds is 5. The number of amides is 2. The largest absolute Gasteiger partial charge is 0.369 e. The molecule has 1 fully saturated rings. The van der Waals surface area contributed by atoms with Crippen molar-refractivity contribution in [2.45, 2.75) is 17.7 Å². The van der Waals surface area contributed by atoms with Crippen LogP contribution in [0.25, 0.3) is 0 Å². The maximum absolute atomic E-state index is 12.7. The molecule has 1 aliphatic rings. The van der Waals surface area contributed by atoms with Crippen LogP contribution >= 0.6 is 11.6 Å². The molecule has 2 amide bonds. The molecule has 8 nitrogen and oxygen atoms in total. The summed E-state index contributed by atoms with van der Waals surface area (Å²) in [7, 11) is -3.51. The molecule has 1 aromatic carbocycles. The quantitative estimate of drug-likeness (QED) is 0.739. The van der Waals surface area contributed by atoms with Gasteiger partial charge in [-0.25, -0.2) is 13.4 Å². The van der Waals surface area contributed by atoms with Crippen molar-refractivity contribution in [3.63, 3.8) is 0 Å². The molecule has 0 bridgehead atoms. The summed E-state index contributed by atoms with van der Waals surface area (Å²) < 4.78 is 23.9. The van der Waals surface area contributed by atoms with Gasteiger partial charge in [0.05, 0.1) is 10.6 Å². The van der Waals surface area contributed by atoms with E-state index in [2.05, 4.69) is 10.3 Å². The maximum atomic E-state index is 12.7. The van der Waals surface area contributed by atoms with Crippen molar-refractivity contribution < 1.29 is 18.0 Å². The van der Waals surface area contributed by atoms with E-state index in [9.17, 15) is 18.0 Å². The van der Waals surface area contributed by atoms with Crippen molar-refractivity contribution >= 4 is 44.8 Å². The monoisotopic (exact) mass is 436 g/mol. The molecule has 2 aromatic rings. The third kappa shape index (κ3) is 5.04. The second kappa shape index (κ2) is 8.38. The normalized spacial score (nSPS) is 15.2. The molecule has 154 valence electrons. The molecule has 0 atom stereocenters. The van der Waals surface area contributed by atoms with Gasteiger partial charge in [-0.2, -0.15) is 0 Å². The van der Waals surface area contributed by atoms with Crippen LogP contribution < -0.4 is 16.0 Å². The number of carbonyl (C=O) groups is 2. The summed E-state index contributed by atoms with van der Waals surface area (Å²) in [6, 6.07) is 7.81. The second-order valence-corrected chi connectivity index (χ2v) is 9.39. The first-order valence-electron chi connectivity index (χ1n) is 8.96. The zero-order valence-corrected chi connectivity index (χ0v) is 17.3. The Morgan fingerprint density at radius 2 is 1.93 bits per heavy atom. The Balaban J connectivity index is 1.92. The van der Waals surface area contributed by atoms with E-state index in [1.165, 1.54) is 18.3 Å². The molecule has 10 heteroatoms. The summed E-state index contributed by atoms with van der Waals surface area (Å²) in [5, 5.41) is 3.15. The highest BCUT2D eigenvalue weighted by molar-refractivity contribution is 7.90. The molecular formula is C19H21ClN4O4S. The molecular weight excluding hydrogens is 416 g/mol. The molecule has 0 aliphatic carbocycles. The third-order valence-electron chi connectivity index (χ3n) is 4.80. The summed E-state index contributed by atoms with van der Waals surface area (Å²) in [5.74, 6) is -0.533. The number of hydrogen-bond donors (Lipinski definition) is 2. The SMILES string of the molecule is CS(=O)(=O)c1cnc(N2CCC(C(N)=O)CC2)c(NC(=O)c2cccc(Cl)c2)c1. The Labute approximate surface area is 174 Å². The van der Waals surface area contributed by atoms with Gasteiger partial charge in [-0.3, -0.25) is 9.59 Å². The van der Waals surface area contributed by atoms with Crippen LogP contribution in [0, 0.1) is 5.92 Å². The molecule has 29 heavy (non-hydrogen) atoms. The summed E-state index contributed by atoms with van der Waals surface area (Å²) in [6.45, 7) is 1.03. The van der Waals surface area contributed by atoms with Gasteiger partial charge in [0.25, 0.3) is 5.91 Å². The Hall–Kier alpha value is -2.65. The van der Waals surface area contributed by atoms with Crippen molar-refractivity contribution in [3.05, 3.63) is 47.1 Å². The number of piperidine rings is 1. The van der Waals surface area contributed by atoms with Gasteiger partial charge in [-0.15, -0.1) is 0 Å². The first-order valence-corrected chi connectivity index (χ1v) is 11.2. The lowest BCUT2D eigenvalue weighted by Gasteiger charge is -2.32. The minimum absolute atomic E-state index is 0.00494. The first-order chi connectivity index (χ1) is 13.6. The van der Waals surface area contributed by atoms with Crippen molar-refractivity contribution in [1.29, 1.82) is 0 Å². The van der Waals surface area contributed by atoms with E-state index in [1.807, 2.05) is 4.90 Å². The van der Waals surface area contributed by atoms with E-state index in [0.29, 0.717) is 42.3 Å². The molecule has 0 spiro atoms. The Kier molecular flexibility index (Phi) is 6.09. The number of nitrogens with two attached hydrogens (primary N) is 1. The molecule has 2 heterocycles. The average molecular weight is 437 g/mol. The molecule has 0 saturated carbocycles. The number of benzene rings is 1. The van der Waals surface area contributed by atoms with Crippen LogP contribution in [0.3, 0.4) is 0 Å². The van der Waals surface area contributed by atoms with Gasteiger partial charge in [-0.1, -0.05) is 17.7 Å². The highest BCUT2D eigenvalue weighted by atomic mass is 35.5. The number of anilines is 2. The van der Waals surface area contributed by atoms with Crippen LogP contribution in [0.5, 0.6) is 0 Å². The van der Waals surface area contributed by atoms with Crippen molar-refractivity contribution in [3.8, 4) is 0 Å². The molecule has 0 radical (unpaired) electrons. The molecule has 3 rings (SSSR count). The van der Waals surface area contributed by atoms with Crippen LogP contribution in [0.2, 0.25) is 5.02 Å². The van der Waals surface area contributed by atoms with Gasteiger partial charge >= 0.3 is 0 Å². The number of carbonyl (C=O) groups excluding carboxylic acids is 2. The lowest BCUT2D eigenvalue weighted by Crippen LogP contribution is -2.39. The summed E-state index contributed by atoms with van der Waals surface area (Å²) >= 11 is 5.95. The van der Waals surface area contributed by atoms with Crippen molar-refractivity contribution in [2.24, 2.45) is 11.7 Å². The molecule has 3 N–H and O–H groups in total. The number of nitrogens with one attached hydrogen (secondary N) is 1. The topological polar surface area (TPSA) is 122 Å². The number of hydrogen-bond acceptors (Lipinski definition) is 6. The standard InChI is InChI=1S/C19H21ClN4O4S/c1-29(27,28)15-10-16(23-19(26)13-3-2-4-14(20)9-13)18(22-11-15)24-7-5-12(6-8-24)17(21)25/h2-4,9-12H,5-8H2,1H3,(H2,21,25)(H,23,26). The fourth-order valence-electron chi connectivity index (χ4n) is 3.19. The van der Waals surface area contributed by atoms with Crippen LogP contribution in [-0.2, 0) is 14.6 Å². The number of primary amides is 1. The van der Waals surface area contributed by atoms with E-state index < -0.39 is 15.7 Å². The molecule has 1 aromatic heterocycles. The van der Waals surface area contributed by atoms with Crippen molar-refractivity contribution in [1.82, 2.24) is 4.98 Å². The van der Waals surface area contributed by atoms with E-state index in [1.54, 1.807) is 18.2 Å². The van der Waals surface area contributed by atoms with Gasteiger partial charge in [0.1, 0.15) is 0 Å². The first kappa shape index (κ1) is 21.1. The molecule has 1 saturated heterocycles. The second-order valence-electron chi connectivity index (χ2n) is 6.94. The Morgan fingerprint density at radius 1 is 1.24 bits per heavy atom. The van der Waals surface area contributed by atoms with Gasteiger partial charge in [0.2, 0.25) is 5.91 Å². The highest BCUT2D eigenvalue weighted by Crippen LogP contribution is 2.30. The smallest absolute Gasteiger partial charge is 0.255 e. The maximum Gasteiger partial charge on any atom is 0.255 e. The fraction of sp³-hybridized carbons (Fsp3) is 0.316. The minimum Gasteiger partial charge on any atom is -0.369 e. The number of nitrogens with zero attached hydrogens (tertiary/aromatic N) is 2. The van der Waals surface area contributed by atoms with Crippen LogP contribution in [0.4, 0.5) is 11.5 Å². The predicted molar refractivity (Wildman–Crippen MR) is 111 cm³/mol. The van der Waals surface area contributed by atoms with Crippen LogP contribution in [0.15, 0.2) is 41.4 Å². The average Bonchev–Trinajstić information content (AvgIpc) is 2.67. The number of aromatic nitrogens is 1. The molecule has 0 unspecified atom stereocenters. The van der Waals surface area contributed by atoms with Gasteiger partial charge in [0, 0.05) is 42.0 Å². The van der Waals surface area contributed by atoms with Crippen LogP contribution in [-0.4, -0.2) is 44.6 Å². The summed E-state index contributed by atoms with van der Waals surface area (Å²) in [4.78, 5) is 30.3. The Morgan fingerprint density at radius 3 is 2.52 bits per heavy atom. The molecule has 1 aliphatic heterocycles. The van der Waals surface area contributed by atoms with Gasteiger partial charge in [0.15, 0.2) is 15.7 Å². The minimum atomic E-state index is -3.51. The van der Waals surface area contributed by atoms with Crippen LogP contribution in [0.1, 0.15) is 23.2 Å². The fourth-order valence-corrected chi connectivity index (χ4v) is 3.95. The number of pyridine rings is 1. The summed E-state index contributed by atoms with van der Waals surface area (Å²) in [6.07, 6.45) is 3.46. The van der Waals surface area contributed by atoms with E-state index in [4.69, 9.17) is 17.3 Å². The number of sulfone groups is 1. The highest BCUT2D eigenvalue weighted by Gasteiger charge is 2.26. The van der Waals surface area contributed by atoms with Gasteiger partial charge < -0.3 is 16.0 Å². The van der Waals surface area contributed by atoms with Crippen molar-refractivity contribution in [2.75, 3.05) is 29.6 Å². The van der Waals surface area contributed by atoms with E-state index in [-0.39, 0.29) is 22.4 Å². The predicted octanol–water partition coefficient (Wildman–Crippen LogP) is 2.09. The third-order valence-corrected chi connectivity index (χ3v) is 6.12. The zero-order chi connectivity index (χ0) is 21.2. The number of halogens is 1. The van der Waals surface area contributed by atoms with E-state index >= 15 is 0 Å². The lowest BCUT2D eigenvalue weighted by molar-refractivity contribution is -0.122. The Bertz CT molecular complexity index is 1050. The lowest BCUT2D eigenvalue weighted by atomic mass is 9.96. The summed E-state index contributed by atoms with van der Waals surface area (Å²) in [5.41, 5.74) is 5.99.